The molecule has 29 heavy (non-hydrogen) atoms. The largest absolute Gasteiger partial charge is 0.351 e. The van der Waals surface area contributed by atoms with Crippen LogP contribution in [0.3, 0.4) is 0 Å². The quantitative estimate of drug-likeness (QED) is 0.570. The third-order valence-corrected chi connectivity index (χ3v) is 7.01. The van der Waals surface area contributed by atoms with Crippen LogP contribution in [0.2, 0.25) is 5.02 Å². The summed E-state index contributed by atoms with van der Waals surface area (Å²) < 4.78 is 29.1. The molecular formula is C20H22ClN3O3S2. The molecule has 1 atom stereocenters. The van der Waals surface area contributed by atoms with Gasteiger partial charge in [0.2, 0.25) is 15.9 Å². The molecule has 0 aliphatic carbocycles. The maximum absolute atomic E-state index is 12.9. The van der Waals surface area contributed by atoms with Gasteiger partial charge >= 0.3 is 0 Å². The van der Waals surface area contributed by atoms with Crippen LogP contribution in [-0.2, 0) is 21.4 Å². The molecule has 154 valence electrons. The van der Waals surface area contributed by atoms with Crippen molar-refractivity contribution in [3.63, 3.8) is 0 Å². The van der Waals surface area contributed by atoms with E-state index >= 15 is 0 Å². The van der Waals surface area contributed by atoms with Gasteiger partial charge in [-0.3, -0.25) is 4.79 Å². The molecule has 1 aromatic heterocycles. The first-order valence-electron chi connectivity index (χ1n) is 9.07. The van der Waals surface area contributed by atoms with E-state index in [1.54, 1.807) is 38.1 Å². The van der Waals surface area contributed by atoms with Gasteiger partial charge in [0.15, 0.2) is 0 Å². The van der Waals surface area contributed by atoms with Crippen molar-refractivity contribution in [3.8, 4) is 0 Å². The highest BCUT2D eigenvalue weighted by molar-refractivity contribution is 7.89. The molecular weight excluding hydrogens is 430 g/mol. The van der Waals surface area contributed by atoms with Crippen LogP contribution < -0.4 is 10.0 Å². The lowest BCUT2D eigenvalue weighted by Crippen LogP contribution is -2.49. The Kier molecular flexibility index (Phi) is 6.58. The second kappa shape index (κ2) is 8.79. The third-order valence-electron chi connectivity index (χ3n) is 4.39. The molecule has 3 rings (SSSR count). The lowest BCUT2D eigenvalue weighted by molar-refractivity contribution is -0.123. The van der Waals surface area contributed by atoms with Gasteiger partial charge in [-0.1, -0.05) is 37.6 Å². The minimum atomic E-state index is -3.87. The van der Waals surface area contributed by atoms with Crippen LogP contribution in [-0.4, -0.2) is 25.4 Å². The monoisotopic (exact) mass is 451 g/mol. The number of aromatic nitrogens is 1. The van der Waals surface area contributed by atoms with Gasteiger partial charge in [0.25, 0.3) is 0 Å². The molecule has 0 fully saturated rings. The summed E-state index contributed by atoms with van der Waals surface area (Å²) in [5.74, 6) is -0.613. The number of amides is 1. The number of hydrogen-bond acceptors (Lipinski definition) is 5. The van der Waals surface area contributed by atoms with E-state index in [1.165, 1.54) is 17.4 Å². The topological polar surface area (TPSA) is 88.2 Å². The lowest BCUT2D eigenvalue weighted by Gasteiger charge is -2.21. The van der Waals surface area contributed by atoms with E-state index in [-0.39, 0.29) is 23.3 Å². The molecule has 0 spiro atoms. The zero-order chi connectivity index (χ0) is 21.2. The lowest BCUT2D eigenvalue weighted by atomic mass is 10.0. The standard InChI is InChI=1S/C20H22ClN3O3S2/c1-12(2)19(20(25)22-11-14-4-6-15(21)7-5-14)24-29(26,27)16-8-9-17-18(10-16)28-13(3)23-17/h4-10,12,19,24H,11H2,1-3H3,(H,22,25)/t19-/m1/s1. The summed E-state index contributed by atoms with van der Waals surface area (Å²) in [5.41, 5.74) is 1.63. The predicted octanol–water partition coefficient (Wildman–Crippen LogP) is 3.88. The van der Waals surface area contributed by atoms with Gasteiger partial charge in [-0.2, -0.15) is 4.72 Å². The number of aryl methyl sites for hydroxylation is 1. The molecule has 0 aliphatic rings. The van der Waals surface area contributed by atoms with Crippen molar-refractivity contribution >= 4 is 49.1 Å². The maximum atomic E-state index is 12.9. The molecule has 1 amide bonds. The molecule has 0 unspecified atom stereocenters. The van der Waals surface area contributed by atoms with Gasteiger partial charge in [0.1, 0.15) is 6.04 Å². The first-order chi connectivity index (χ1) is 13.7. The normalized spacial score (nSPS) is 13.0. The number of sulfonamides is 1. The van der Waals surface area contributed by atoms with Crippen LogP contribution >= 0.6 is 22.9 Å². The van der Waals surface area contributed by atoms with Gasteiger partial charge in [-0.25, -0.2) is 13.4 Å². The molecule has 3 aromatic rings. The van der Waals surface area contributed by atoms with Gasteiger partial charge < -0.3 is 5.32 Å². The van der Waals surface area contributed by atoms with Crippen molar-refractivity contribution in [2.45, 2.75) is 38.3 Å². The van der Waals surface area contributed by atoms with Crippen LogP contribution in [0, 0.1) is 12.8 Å². The van der Waals surface area contributed by atoms with E-state index in [0.29, 0.717) is 5.02 Å². The maximum Gasteiger partial charge on any atom is 0.241 e. The first kappa shape index (κ1) is 21.7. The Morgan fingerprint density at radius 1 is 1.17 bits per heavy atom. The van der Waals surface area contributed by atoms with Crippen molar-refractivity contribution in [1.82, 2.24) is 15.0 Å². The number of thiazole rings is 1. The fourth-order valence-electron chi connectivity index (χ4n) is 2.82. The van der Waals surface area contributed by atoms with Gasteiger partial charge in [-0.15, -0.1) is 11.3 Å². The van der Waals surface area contributed by atoms with Crippen LogP contribution in [0.5, 0.6) is 0 Å². The fourth-order valence-corrected chi connectivity index (χ4v) is 5.25. The molecule has 9 heteroatoms. The Morgan fingerprint density at radius 2 is 1.86 bits per heavy atom. The van der Waals surface area contributed by atoms with Crippen LogP contribution in [0.15, 0.2) is 47.4 Å². The Balaban J connectivity index is 1.75. The molecule has 0 aliphatic heterocycles. The van der Waals surface area contributed by atoms with Gasteiger partial charge in [0, 0.05) is 11.6 Å². The summed E-state index contributed by atoms with van der Waals surface area (Å²) in [7, 11) is -3.87. The zero-order valence-electron chi connectivity index (χ0n) is 16.3. The highest BCUT2D eigenvalue weighted by Gasteiger charge is 2.28. The SMILES string of the molecule is Cc1nc2ccc(S(=O)(=O)N[C@@H](C(=O)NCc3ccc(Cl)cc3)C(C)C)cc2s1. The molecule has 0 saturated heterocycles. The minimum absolute atomic E-state index is 0.116. The summed E-state index contributed by atoms with van der Waals surface area (Å²) in [5, 5.41) is 4.27. The summed E-state index contributed by atoms with van der Waals surface area (Å²) in [4.78, 5) is 17.1. The van der Waals surface area contributed by atoms with Crippen LogP contribution in [0.1, 0.15) is 24.4 Å². The summed E-state index contributed by atoms with van der Waals surface area (Å²) in [6, 6.07) is 11.0. The zero-order valence-corrected chi connectivity index (χ0v) is 18.7. The Hall–Kier alpha value is -2.00. The Morgan fingerprint density at radius 3 is 2.52 bits per heavy atom. The van der Waals surface area contributed by atoms with Crippen molar-refractivity contribution < 1.29 is 13.2 Å². The fraction of sp³-hybridized carbons (Fsp3) is 0.300. The number of halogens is 1. The summed E-state index contributed by atoms with van der Waals surface area (Å²) >= 11 is 7.30. The number of fused-ring (bicyclic) bond motifs is 1. The highest BCUT2D eigenvalue weighted by atomic mass is 35.5. The number of rotatable bonds is 7. The van der Waals surface area contributed by atoms with E-state index in [9.17, 15) is 13.2 Å². The third kappa shape index (κ3) is 5.33. The van der Waals surface area contributed by atoms with E-state index in [2.05, 4.69) is 15.0 Å². The van der Waals surface area contributed by atoms with E-state index in [4.69, 9.17) is 11.6 Å². The average molecular weight is 452 g/mol. The Labute approximate surface area is 179 Å². The highest BCUT2D eigenvalue weighted by Crippen LogP contribution is 2.25. The molecule has 6 nitrogen and oxygen atoms in total. The number of benzene rings is 2. The number of nitrogens with one attached hydrogen (secondary N) is 2. The number of carbonyl (C=O) groups excluding carboxylic acids is 1. The van der Waals surface area contributed by atoms with Crippen molar-refractivity contribution in [2.24, 2.45) is 5.92 Å². The number of hydrogen-bond donors (Lipinski definition) is 2. The second-order valence-electron chi connectivity index (χ2n) is 7.05. The molecule has 0 saturated carbocycles. The van der Waals surface area contributed by atoms with Crippen molar-refractivity contribution in [1.29, 1.82) is 0 Å². The van der Waals surface area contributed by atoms with Gasteiger partial charge in [-0.05, 0) is 48.7 Å². The van der Waals surface area contributed by atoms with E-state index < -0.39 is 16.1 Å². The molecule has 0 bridgehead atoms. The van der Waals surface area contributed by atoms with E-state index in [0.717, 1.165) is 20.8 Å². The minimum Gasteiger partial charge on any atom is -0.351 e. The summed E-state index contributed by atoms with van der Waals surface area (Å²) in [6.45, 7) is 5.75. The Bertz CT molecular complexity index is 1130. The predicted molar refractivity (Wildman–Crippen MR) is 117 cm³/mol. The smallest absolute Gasteiger partial charge is 0.241 e. The van der Waals surface area contributed by atoms with Crippen molar-refractivity contribution in [2.75, 3.05) is 0 Å². The molecule has 2 aromatic carbocycles. The molecule has 0 radical (unpaired) electrons. The first-order valence-corrected chi connectivity index (χ1v) is 11.7. The van der Waals surface area contributed by atoms with E-state index in [1.807, 2.05) is 19.1 Å². The summed E-state index contributed by atoms with van der Waals surface area (Å²) in [6.07, 6.45) is 0. The number of nitrogens with zero attached hydrogens (tertiary/aromatic N) is 1. The molecule has 2 N–H and O–H groups in total. The van der Waals surface area contributed by atoms with Crippen LogP contribution in [0.25, 0.3) is 10.2 Å². The number of carbonyl (C=O) groups is 1. The van der Waals surface area contributed by atoms with Crippen LogP contribution in [0.4, 0.5) is 0 Å². The van der Waals surface area contributed by atoms with Gasteiger partial charge in [0.05, 0.1) is 20.1 Å². The molecule has 1 heterocycles. The average Bonchev–Trinajstić information content (AvgIpc) is 3.04. The second-order valence-corrected chi connectivity index (χ2v) is 10.4. The van der Waals surface area contributed by atoms with Crippen molar-refractivity contribution in [3.05, 3.63) is 58.1 Å².